The molecule has 0 spiro atoms. The van der Waals surface area contributed by atoms with Crippen molar-refractivity contribution in [2.75, 3.05) is 18.5 Å². The fourth-order valence-corrected chi connectivity index (χ4v) is 2.84. The van der Waals surface area contributed by atoms with Gasteiger partial charge in [0.1, 0.15) is 18.3 Å². The van der Waals surface area contributed by atoms with Gasteiger partial charge in [0.2, 0.25) is 0 Å². The maximum Gasteiger partial charge on any atom is 0.171 e. The average Bonchev–Trinajstić information content (AvgIpc) is 3.04. The summed E-state index contributed by atoms with van der Waals surface area (Å²) in [7, 11) is 0. The van der Waals surface area contributed by atoms with Gasteiger partial charge in [-0.05, 0) is 36.5 Å². The number of rotatable bonds is 2. The topological polar surface area (TPSA) is 86.5 Å². The van der Waals surface area contributed by atoms with E-state index in [1.54, 1.807) is 24.3 Å². The largest absolute Gasteiger partial charge is 0.388 e. The van der Waals surface area contributed by atoms with Crippen LogP contribution < -0.4 is 10.6 Å². The van der Waals surface area contributed by atoms with Gasteiger partial charge in [-0.2, -0.15) is 5.26 Å². The van der Waals surface area contributed by atoms with Crippen LogP contribution in [0.4, 0.5) is 5.69 Å². The van der Waals surface area contributed by atoms with E-state index in [1.165, 1.54) is 0 Å². The summed E-state index contributed by atoms with van der Waals surface area (Å²) in [6.45, 7) is 0.741. The number of nitriles is 1. The van der Waals surface area contributed by atoms with Gasteiger partial charge in [0.25, 0.3) is 0 Å². The van der Waals surface area contributed by atoms with E-state index in [2.05, 4.69) is 16.7 Å². The lowest BCUT2D eigenvalue weighted by Gasteiger charge is -2.19. The summed E-state index contributed by atoms with van der Waals surface area (Å²) < 4.78 is 11.0. The van der Waals surface area contributed by atoms with E-state index in [0.717, 1.165) is 5.69 Å². The third-order valence-corrected chi connectivity index (χ3v) is 3.84. The molecule has 0 bridgehead atoms. The molecule has 2 fully saturated rings. The van der Waals surface area contributed by atoms with Crippen molar-refractivity contribution >= 4 is 23.0 Å². The molecule has 0 aliphatic carbocycles. The van der Waals surface area contributed by atoms with E-state index >= 15 is 0 Å². The number of nitrogens with one attached hydrogen (secondary N) is 2. The van der Waals surface area contributed by atoms with Crippen molar-refractivity contribution in [3.8, 4) is 6.07 Å². The smallest absolute Gasteiger partial charge is 0.171 e. The van der Waals surface area contributed by atoms with Gasteiger partial charge < -0.3 is 25.2 Å². The summed E-state index contributed by atoms with van der Waals surface area (Å²) in [5.41, 5.74) is 1.40. The van der Waals surface area contributed by atoms with Crippen molar-refractivity contribution in [3.63, 3.8) is 0 Å². The molecule has 2 aliphatic rings. The molecule has 0 unspecified atom stereocenters. The maximum atomic E-state index is 9.68. The predicted octanol–water partition coefficient (Wildman–Crippen LogP) is 0.372. The highest BCUT2D eigenvalue weighted by Gasteiger charge is 2.47. The van der Waals surface area contributed by atoms with Crippen LogP contribution in [0.5, 0.6) is 0 Å². The number of fused-ring (bicyclic) bond motifs is 1. The molecule has 4 atom stereocenters. The molecule has 3 N–H and O–H groups in total. The molecule has 2 aliphatic heterocycles. The Bertz CT molecular complexity index is 572. The zero-order valence-corrected chi connectivity index (χ0v) is 12.0. The lowest BCUT2D eigenvalue weighted by atomic mass is 10.1. The number of hydrogen-bond donors (Lipinski definition) is 3. The second-order valence-electron chi connectivity index (χ2n) is 5.06. The van der Waals surface area contributed by atoms with Gasteiger partial charge in [-0.1, -0.05) is 0 Å². The number of thiocarbonyl (C=S) groups is 1. The van der Waals surface area contributed by atoms with E-state index in [4.69, 9.17) is 27.0 Å². The number of aliphatic hydroxyl groups excluding tert-OH is 1. The van der Waals surface area contributed by atoms with Crippen molar-refractivity contribution in [1.29, 1.82) is 5.26 Å². The third kappa shape index (κ3) is 2.99. The summed E-state index contributed by atoms with van der Waals surface area (Å²) in [4.78, 5) is 0. The van der Waals surface area contributed by atoms with Crippen LogP contribution in [0.15, 0.2) is 24.3 Å². The first-order valence-corrected chi connectivity index (χ1v) is 7.07. The van der Waals surface area contributed by atoms with E-state index in [9.17, 15) is 5.11 Å². The van der Waals surface area contributed by atoms with Crippen molar-refractivity contribution < 1.29 is 14.6 Å². The zero-order chi connectivity index (χ0) is 14.8. The Morgan fingerprint density at radius 2 is 1.95 bits per heavy atom. The minimum Gasteiger partial charge on any atom is -0.388 e. The molecule has 0 saturated carbocycles. The lowest BCUT2D eigenvalue weighted by molar-refractivity contribution is 0.0180. The van der Waals surface area contributed by atoms with E-state index < -0.39 is 6.10 Å². The van der Waals surface area contributed by atoms with Crippen LogP contribution in [0.25, 0.3) is 0 Å². The Kier molecular flexibility index (Phi) is 4.03. The summed E-state index contributed by atoms with van der Waals surface area (Å²) in [6, 6.07) is 9.00. The predicted molar refractivity (Wildman–Crippen MR) is 79.8 cm³/mol. The highest BCUT2D eigenvalue weighted by molar-refractivity contribution is 7.80. The zero-order valence-electron chi connectivity index (χ0n) is 11.2. The molecule has 1 aromatic carbocycles. The Morgan fingerprint density at radius 3 is 2.67 bits per heavy atom. The van der Waals surface area contributed by atoms with Gasteiger partial charge in [-0.15, -0.1) is 0 Å². The summed E-state index contributed by atoms with van der Waals surface area (Å²) in [6.07, 6.45) is -1.03. The van der Waals surface area contributed by atoms with E-state index in [-0.39, 0.29) is 18.2 Å². The average molecular weight is 305 g/mol. The Hall–Kier alpha value is -1.72. The SMILES string of the molecule is N#Cc1ccc(NC(=S)N[C@H]2CO[C@H]3[C@@H]2OC[C@H]3O)cc1. The molecular weight excluding hydrogens is 290 g/mol. The number of aliphatic hydroxyl groups is 1. The lowest BCUT2D eigenvalue weighted by Crippen LogP contribution is -2.45. The van der Waals surface area contributed by atoms with Gasteiger partial charge in [0, 0.05) is 5.69 Å². The normalized spacial score (nSPS) is 30.5. The van der Waals surface area contributed by atoms with Crippen LogP contribution in [0.2, 0.25) is 0 Å². The molecule has 21 heavy (non-hydrogen) atoms. The number of anilines is 1. The number of hydrogen-bond acceptors (Lipinski definition) is 5. The van der Waals surface area contributed by atoms with Gasteiger partial charge in [-0.25, -0.2) is 0 Å². The molecule has 110 valence electrons. The first-order chi connectivity index (χ1) is 10.2. The van der Waals surface area contributed by atoms with Crippen LogP contribution >= 0.6 is 12.2 Å². The Morgan fingerprint density at radius 1 is 1.24 bits per heavy atom. The van der Waals surface area contributed by atoms with Crippen LogP contribution in [-0.2, 0) is 9.47 Å². The molecule has 2 saturated heterocycles. The van der Waals surface area contributed by atoms with E-state index in [1.807, 2.05) is 0 Å². The minimum atomic E-state index is -0.568. The van der Waals surface area contributed by atoms with Crippen molar-refractivity contribution in [2.24, 2.45) is 0 Å². The standard InChI is InChI=1S/C14H15N3O3S/c15-5-8-1-3-9(4-2-8)16-14(21)17-10-6-19-13-11(18)7-20-12(10)13/h1-4,10-13,18H,6-7H2,(H2,16,17,21)/t10-,11+,12+,13+/m0/s1. The molecule has 1 aromatic rings. The third-order valence-electron chi connectivity index (χ3n) is 3.62. The molecule has 2 heterocycles. The fraction of sp³-hybridized carbons (Fsp3) is 0.429. The molecule has 3 rings (SSSR count). The number of ether oxygens (including phenoxy) is 2. The monoisotopic (exact) mass is 305 g/mol. The van der Waals surface area contributed by atoms with E-state index in [0.29, 0.717) is 23.9 Å². The molecule has 7 heteroatoms. The highest BCUT2D eigenvalue weighted by Crippen LogP contribution is 2.26. The quantitative estimate of drug-likeness (QED) is 0.681. The van der Waals surface area contributed by atoms with Crippen molar-refractivity contribution in [3.05, 3.63) is 29.8 Å². The fourth-order valence-electron chi connectivity index (χ4n) is 2.57. The summed E-state index contributed by atoms with van der Waals surface area (Å²) >= 11 is 5.26. The van der Waals surface area contributed by atoms with Crippen LogP contribution in [0.1, 0.15) is 5.56 Å². The second-order valence-corrected chi connectivity index (χ2v) is 5.47. The van der Waals surface area contributed by atoms with Crippen LogP contribution in [0, 0.1) is 11.3 Å². The highest BCUT2D eigenvalue weighted by atomic mass is 32.1. The summed E-state index contributed by atoms with van der Waals surface area (Å²) in [5, 5.41) is 25.1. The first kappa shape index (κ1) is 14.2. The van der Waals surface area contributed by atoms with Crippen molar-refractivity contribution in [1.82, 2.24) is 5.32 Å². The number of nitrogens with zero attached hydrogens (tertiary/aromatic N) is 1. The molecule has 0 aromatic heterocycles. The molecule has 0 amide bonds. The van der Waals surface area contributed by atoms with Gasteiger partial charge in [-0.3, -0.25) is 0 Å². The van der Waals surface area contributed by atoms with Crippen LogP contribution in [-0.4, -0.2) is 47.8 Å². The molecule has 6 nitrogen and oxygen atoms in total. The van der Waals surface area contributed by atoms with Crippen molar-refractivity contribution in [2.45, 2.75) is 24.4 Å². The minimum absolute atomic E-state index is 0.0782. The number of benzene rings is 1. The van der Waals surface area contributed by atoms with Gasteiger partial charge in [0.15, 0.2) is 5.11 Å². The Labute approximate surface area is 127 Å². The maximum absolute atomic E-state index is 9.68. The van der Waals surface area contributed by atoms with Gasteiger partial charge in [0.05, 0.1) is 30.9 Å². The second kappa shape index (κ2) is 5.95. The Balaban J connectivity index is 1.56. The van der Waals surface area contributed by atoms with Crippen LogP contribution in [0.3, 0.4) is 0 Å². The molecular formula is C14H15N3O3S. The van der Waals surface area contributed by atoms with Gasteiger partial charge >= 0.3 is 0 Å². The molecule has 0 radical (unpaired) electrons. The summed E-state index contributed by atoms with van der Waals surface area (Å²) in [5.74, 6) is 0. The first-order valence-electron chi connectivity index (χ1n) is 6.66.